The van der Waals surface area contributed by atoms with E-state index in [1.54, 1.807) is 6.07 Å². The molecule has 1 heterocycles. The number of para-hydroxylation sites is 1. The van der Waals surface area contributed by atoms with Gasteiger partial charge in [0.1, 0.15) is 11.4 Å². The van der Waals surface area contributed by atoms with Crippen molar-refractivity contribution < 1.29 is 9.21 Å². The Bertz CT molecular complexity index is 493. The predicted octanol–water partition coefficient (Wildman–Crippen LogP) is 2.71. The summed E-state index contributed by atoms with van der Waals surface area (Å²) in [6.45, 7) is 1.86. The third kappa shape index (κ3) is 1.25. The second kappa shape index (κ2) is 2.88. The summed E-state index contributed by atoms with van der Waals surface area (Å²) < 4.78 is 5.38. The lowest BCUT2D eigenvalue weighted by Gasteiger charge is -1.90. The van der Waals surface area contributed by atoms with Crippen LogP contribution in [0.25, 0.3) is 11.0 Å². The van der Waals surface area contributed by atoms with Crippen LogP contribution in [0, 0.1) is 6.92 Å². The minimum atomic E-state index is 0.528. The first kappa shape index (κ1) is 7.77. The topological polar surface area (TPSA) is 42.6 Å². The second-order valence-electron chi connectivity index (χ2n) is 2.76. The van der Waals surface area contributed by atoms with Crippen molar-refractivity contribution in [1.82, 2.24) is 0 Å². The van der Waals surface area contributed by atoms with Gasteiger partial charge in [-0.05, 0) is 19.1 Å². The fourth-order valence-electron chi connectivity index (χ4n) is 1.31. The lowest BCUT2D eigenvalue weighted by molar-refractivity contribution is 0.564. The summed E-state index contributed by atoms with van der Waals surface area (Å²) in [5, 5.41) is 0.953. The molecule has 0 radical (unpaired) electrons. The molecule has 0 aliphatic carbocycles. The van der Waals surface area contributed by atoms with Crippen molar-refractivity contribution >= 4 is 22.7 Å². The number of rotatable bonds is 1. The first-order chi connectivity index (χ1) is 6.31. The molecule has 0 aliphatic heterocycles. The summed E-state index contributed by atoms with van der Waals surface area (Å²) in [5.41, 5.74) is 1.17. The fraction of sp³-hybridized carbons (Fsp3) is 0.100. The largest absolute Gasteiger partial charge is 0.459 e. The Kier molecular flexibility index (Phi) is 1.72. The van der Waals surface area contributed by atoms with Crippen LogP contribution in [0.5, 0.6) is 0 Å². The van der Waals surface area contributed by atoms with Gasteiger partial charge in [-0.1, -0.05) is 12.1 Å². The Labute approximate surface area is 74.7 Å². The molecular weight excluding hydrogens is 166 g/mol. The molecule has 0 saturated heterocycles. The highest BCUT2D eigenvalue weighted by atomic mass is 16.3. The van der Waals surface area contributed by atoms with E-state index in [-0.39, 0.29) is 0 Å². The Balaban J connectivity index is 2.81. The van der Waals surface area contributed by atoms with E-state index >= 15 is 0 Å². The molecule has 13 heavy (non-hydrogen) atoms. The summed E-state index contributed by atoms with van der Waals surface area (Å²) in [4.78, 5) is 13.6. The Morgan fingerprint density at radius 1 is 1.46 bits per heavy atom. The molecule has 0 bridgehead atoms. The lowest BCUT2D eigenvalue weighted by Crippen LogP contribution is -1.65. The van der Waals surface area contributed by atoms with Crippen molar-refractivity contribution in [3.8, 4) is 0 Å². The van der Waals surface area contributed by atoms with Crippen LogP contribution in [0.4, 0.5) is 5.69 Å². The van der Waals surface area contributed by atoms with Crippen LogP contribution in [0.1, 0.15) is 5.76 Å². The van der Waals surface area contributed by atoms with E-state index in [9.17, 15) is 4.79 Å². The average molecular weight is 173 g/mol. The summed E-state index contributed by atoms with van der Waals surface area (Å²) in [5.74, 6) is 0.809. The van der Waals surface area contributed by atoms with Crippen LogP contribution in [0.3, 0.4) is 0 Å². The molecule has 64 valence electrons. The zero-order valence-electron chi connectivity index (χ0n) is 7.07. The van der Waals surface area contributed by atoms with E-state index in [2.05, 4.69) is 4.99 Å². The molecule has 0 aliphatic rings. The van der Waals surface area contributed by atoms with Gasteiger partial charge in [-0.15, -0.1) is 0 Å². The summed E-state index contributed by atoms with van der Waals surface area (Å²) in [7, 11) is 0. The van der Waals surface area contributed by atoms with Crippen molar-refractivity contribution in [2.45, 2.75) is 6.92 Å². The molecule has 0 saturated carbocycles. The number of isocyanates is 1. The summed E-state index contributed by atoms with van der Waals surface area (Å²) >= 11 is 0. The maximum absolute atomic E-state index is 10.1. The molecule has 1 aromatic carbocycles. The van der Waals surface area contributed by atoms with Gasteiger partial charge in [0.25, 0.3) is 0 Å². The number of aryl methyl sites for hydroxylation is 1. The number of hydrogen-bond acceptors (Lipinski definition) is 3. The Hall–Kier alpha value is -1.86. The third-order valence-corrected chi connectivity index (χ3v) is 1.81. The van der Waals surface area contributed by atoms with E-state index < -0.39 is 0 Å². The van der Waals surface area contributed by atoms with Gasteiger partial charge >= 0.3 is 0 Å². The van der Waals surface area contributed by atoms with Gasteiger partial charge in [-0.3, -0.25) is 0 Å². The maximum atomic E-state index is 10.1. The SMILES string of the molecule is Cc1cc2cccc(N=C=O)c2o1. The lowest BCUT2D eigenvalue weighted by atomic mass is 10.2. The number of carbonyl (C=O) groups excluding carboxylic acids is 1. The third-order valence-electron chi connectivity index (χ3n) is 1.81. The first-order valence-electron chi connectivity index (χ1n) is 3.88. The molecular formula is C10H7NO2. The van der Waals surface area contributed by atoms with Gasteiger partial charge in [0.2, 0.25) is 6.08 Å². The van der Waals surface area contributed by atoms with Gasteiger partial charge in [0.05, 0.1) is 0 Å². The van der Waals surface area contributed by atoms with Crippen molar-refractivity contribution in [1.29, 1.82) is 0 Å². The van der Waals surface area contributed by atoms with Crippen molar-refractivity contribution in [3.05, 3.63) is 30.0 Å². The first-order valence-corrected chi connectivity index (χ1v) is 3.88. The molecule has 3 heteroatoms. The highest BCUT2D eigenvalue weighted by Gasteiger charge is 2.04. The van der Waals surface area contributed by atoms with Crippen LogP contribution in [0.15, 0.2) is 33.7 Å². The fourth-order valence-corrected chi connectivity index (χ4v) is 1.31. The number of fused-ring (bicyclic) bond motifs is 1. The van der Waals surface area contributed by atoms with Crippen LogP contribution in [-0.4, -0.2) is 6.08 Å². The van der Waals surface area contributed by atoms with Crippen LogP contribution in [-0.2, 0) is 4.79 Å². The molecule has 0 amide bonds. The normalized spacial score (nSPS) is 9.92. The van der Waals surface area contributed by atoms with Crippen LogP contribution < -0.4 is 0 Å². The molecule has 0 spiro atoms. The average Bonchev–Trinajstić information content (AvgIpc) is 2.47. The van der Waals surface area contributed by atoms with Gasteiger partial charge < -0.3 is 4.42 Å². The second-order valence-corrected chi connectivity index (χ2v) is 2.76. The molecule has 2 rings (SSSR count). The van der Waals surface area contributed by atoms with Crippen LogP contribution >= 0.6 is 0 Å². The molecule has 2 aromatic rings. The maximum Gasteiger partial charge on any atom is 0.240 e. The predicted molar refractivity (Wildman–Crippen MR) is 48.7 cm³/mol. The highest BCUT2D eigenvalue weighted by molar-refractivity contribution is 5.88. The molecule has 0 N–H and O–H groups in total. The van der Waals surface area contributed by atoms with Gasteiger partial charge in [0, 0.05) is 5.39 Å². The van der Waals surface area contributed by atoms with E-state index in [1.165, 1.54) is 6.08 Å². The van der Waals surface area contributed by atoms with E-state index in [1.807, 2.05) is 25.1 Å². The minimum absolute atomic E-state index is 0.528. The number of hydrogen-bond donors (Lipinski definition) is 0. The quantitative estimate of drug-likeness (QED) is 0.491. The molecule has 0 atom stereocenters. The number of furan rings is 1. The summed E-state index contributed by atoms with van der Waals surface area (Å²) in [6.07, 6.45) is 1.50. The van der Waals surface area contributed by atoms with Crippen molar-refractivity contribution in [2.75, 3.05) is 0 Å². The minimum Gasteiger partial charge on any atom is -0.459 e. The monoisotopic (exact) mass is 173 g/mol. The van der Waals surface area contributed by atoms with Crippen LogP contribution in [0.2, 0.25) is 0 Å². The Morgan fingerprint density at radius 2 is 2.31 bits per heavy atom. The highest BCUT2D eigenvalue weighted by Crippen LogP contribution is 2.27. The van der Waals surface area contributed by atoms with Crippen molar-refractivity contribution in [2.24, 2.45) is 4.99 Å². The Morgan fingerprint density at radius 3 is 3.08 bits per heavy atom. The number of benzene rings is 1. The number of nitrogens with zero attached hydrogens (tertiary/aromatic N) is 1. The van der Waals surface area contributed by atoms with E-state index in [0.29, 0.717) is 11.3 Å². The zero-order chi connectivity index (χ0) is 9.26. The van der Waals surface area contributed by atoms with Gasteiger partial charge in [-0.2, -0.15) is 4.99 Å². The molecule has 0 unspecified atom stereocenters. The number of aliphatic imine (C=N–C) groups is 1. The van der Waals surface area contributed by atoms with E-state index in [0.717, 1.165) is 11.1 Å². The van der Waals surface area contributed by atoms with E-state index in [4.69, 9.17) is 4.42 Å². The van der Waals surface area contributed by atoms with Gasteiger partial charge in [-0.25, -0.2) is 4.79 Å². The smallest absolute Gasteiger partial charge is 0.240 e. The van der Waals surface area contributed by atoms with Crippen molar-refractivity contribution in [3.63, 3.8) is 0 Å². The molecule has 1 aromatic heterocycles. The summed E-state index contributed by atoms with van der Waals surface area (Å²) in [6, 6.07) is 7.36. The molecule has 0 fully saturated rings. The zero-order valence-corrected chi connectivity index (χ0v) is 7.07. The molecule has 3 nitrogen and oxygen atoms in total. The van der Waals surface area contributed by atoms with Gasteiger partial charge in [0.15, 0.2) is 5.58 Å². The standard InChI is InChI=1S/C10H7NO2/c1-7-5-8-3-2-4-9(11-6-12)10(8)13-7/h2-5H,1H3.